The zero-order valence-electron chi connectivity index (χ0n) is 18.4. The summed E-state index contributed by atoms with van der Waals surface area (Å²) in [5.41, 5.74) is 1.33. The van der Waals surface area contributed by atoms with Gasteiger partial charge in [0.05, 0.1) is 4.70 Å². The third kappa shape index (κ3) is 7.40. The van der Waals surface area contributed by atoms with E-state index in [2.05, 4.69) is 36.2 Å². The van der Waals surface area contributed by atoms with Gasteiger partial charge in [0.2, 0.25) is 5.91 Å². The first-order valence-corrected chi connectivity index (χ1v) is 12.0. The Hall–Kier alpha value is -1.74. The number of thioether (sulfide) groups is 1. The molecule has 0 unspecified atom stereocenters. The van der Waals surface area contributed by atoms with E-state index >= 15 is 0 Å². The predicted octanol–water partition coefficient (Wildman–Crippen LogP) is 6.16. The fourth-order valence-corrected chi connectivity index (χ4v) is 5.02. The number of amides is 1. The second-order valence-corrected chi connectivity index (χ2v) is 9.88. The van der Waals surface area contributed by atoms with Crippen molar-refractivity contribution in [2.24, 2.45) is 0 Å². The molecule has 0 aliphatic carbocycles. The number of thiazole rings is 1. The maximum atomic E-state index is 14.1. The zero-order chi connectivity index (χ0) is 22.4. The average molecular weight is 500 g/mol. The molecule has 3 aromatic rings. The van der Waals surface area contributed by atoms with Crippen LogP contribution in [0.4, 0.5) is 13.9 Å². The highest BCUT2D eigenvalue weighted by atomic mass is 35.5. The maximum Gasteiger partial charge on any atom is 0.228 e. The van der Waals surface area contributed by atoms with Crippen LogP contribution in [0.2, 0.25) is 0 Å². The normalized spacial score (nSPS) is 11.1. The lowest BCUT2D eigenvalue weighted by Gasteiger charge is -2.21. The number of anilines is 1. The summed E-state index contributed by atoms with van der Waals surface area (Å²) in [4.78, 5) is 22.2. The Morgan fingerprint density at radius 3 is 2.50 bits per heavy atom. The molecule has 4 nitrogen and oxygen atoms in total. The first-order valence-electron chi connectivity index (χ1n) is 10.2. The number of hydrogen-bond acceptors (Lipinski definition) is 5. The Balaban J connectivity index is 0.00000363. The fourth-order valence-electron chi connectivity index (χ4n) is 3.12. The van der Waals surface area contributed by atoms with Gasteiger partial charge in [0.1, 0.15) is 11.3 Å². The van der Waals surface area contributed by atoms with E-state index in [9.17, 15) is 13.6 Å². The van der Waals surface area contributed by atoms with E-state index in [-0.39, 0.29) is 23.8 Å². The molecule has 1 heterocycles. The van der Waals surface area contributed by atoms with Gasteiger partial charge in [0.15, 0.2) is 10.9 Å². The molecule has 0 N–H and O–H groups in total. The first-order chi connectivity index (χ1) is 14.8. The molecule has 32 heavy (non-hydrogen) atoms. The number of aromatic nitrogens is 1. The molecule has 0 aliphatic rings. The molecule has 0 bridgehead atoms. The van der Waals surface area contributed by atoms with Gasteiger partial charge in [0, 0.05) is 23.9 Å². The van der Waals surface area contributed by atoms with Crippen molar-refractivity contribution in [3.05, 3.63) is 53.6 Å². The molecule has 0 aliphatic heterocycles. The van der Waals surface area contributed by atoms with Crippen molar-refractivity contribution >= 4 is 56.8 Å². The van der Waals surface area contributed by atoms with E-state index < -0.39 is 11.6 Å². The minimum atomic E-state index is -0.701. The highest BCUT2D eigenvalue weighted by Gasteiger charge is 2.21. The monoisotopic (exact) mass is 499 g/mol. The van der Waals surface area contributed by atoms with Gasteiger partial charge in [-0.2, -0.15) is 0 Å². The van der Waals surface area contributed by atoms with Gasteiger partial charge in [-0.15, -0.1) is 24.2 Å². The number of carbonyl (C=O) groups excluding carboxylic acids is 1. The molecule has 0 spiro atoms. The lowest BCUT2D eigenvalue weighted by Crippen LogP contribution is -2.33. The number of rotatable bonds is 10. The van der Waals surface area contributed by atoms with Crippen LogP contribution in [0.5, 0.6) is 0 Å². The minimum absolute atomic E-state index is 0. The van der Waals surface area contributed by atoms with Crippen LogP contribution in [0, 0.1) is 18.6 Å². The minimum Gasteiger partial charge on any atom is -0.309 e. The van der Waals surface area contributed by atoms with Crippen LogP contribution in [0.25, 0.3) is 10.2 Å². The molecule has 0 saturated heterocycles. The third-order valence-corrected chi connectivity index (χ3v) is 6.87. The van der Waals surface area contributed by atoms with E-state index in [0.29, 0.717) is 22.8 Å². The summed E-state index contributed by atoms with van der Waals surface area (Å²) in [6.07, 6.45) is 1.88. The lowest BCUT2D eigenvalue weighted by molar-refractivity contribution is -0.118. The Bertz CT molecular complexity index is 1030. The molecule has 0 fully saturated rings. The standard InChI is InChI=1S/C23H27F2N3OS2.ClH/c1-16-7-9-18(10-8-16)30-13-4-6-21(29)28(12-5-11-27(2)3)23-26-22-19(25)14-17(24)15-20(22)31-23;/h7-10,14-15H,4-6,11-13H2,1-3H3;1H. The second-order valence-electron chi connectivity index (χ2n) is 7.70. The largest absolute Gasteiger partial charge is 0.309 e. The molecule has 174 valence electrons. The molecule has 1 amide bonds. The van der Waals surface area contributed by atoms with Gasteiger partial charge in [0.25, 0.3) is 0 Å². The summed E-state index contributed by atoms with van der Waals surface area (Å²) < 4.78 is 28.1. The highest BCUT2D eigenvalue weighted by molar-refractivity contribution is 7.99. The quantitative estimate of drug-likeness (QED) is 0.247. The summed E-state index contributed by atoms with van der Waals surface area (Å²) in [6.45, 7) is 3.37. The van der Waals surface area contributed by atoms with Gasteiger partial charge in [-0.3, -0.25) is 9.69 Å². The Morgan fingerprint density at radius 2 is 1.81 bits per heavy atom. The Labute approximate surface area is 202 Å². The number of halogens is 3. The molecule has 2 aromatic carbocycles. The molecular formula is C23H28ClF2N3OS2. The number of nitrogens with zero attached hydrogens (tertiary/aromatic N) is 3. The number of fused-ring (bicyclic) bond motifs is 1. The molecule has 1 aromatic heterocycles. The van der Waals surface area contributed by atoms with E-state index in [4.69, 9.17) is 0 Å². The molecule has 9 heteroatoms. The second kappa shape index (κ2) is 12.5. The van der Waals surface area contributed by atoms with Crippen molar-refractivity contribution < 1.29 is 13.6 Å². The highest BCUT2D eigenvalue weighted by Crippen LogP contribution is 2.32. The van der Waals surface area contributed by atoms with Crippen molar-refractivity contribution in [1.82, 2.24) is 9.88 Å². The smallest absolute Gasteiger partial charge is 0.228 e. The van der Waals surface area contributed by atoms with Gasteiger partial charge in [-0.25, -0.2) is 13.8 Å². The van der Waals surface area contributed by atoms with Gasteiger partial charge in [-0.1, -0.05) is 29.0 Å². The van der Waals surface area contributed by atoms with Crippen molar-refractivity contribution in [1.29, 1.82) is 0 Å². The van der Waals surface area contributed by atoms with Crippen LogP contribution < -0.4 is 4.90 Å². The van der Waals surface area contributed by atoms with Crippen molar-refractivity contribution in [3.63, 3.8) is 0 Å². The fraction of sp³-hybridized carbons (Fsp3) is 0.391. The molecule has 3 rings (SSSR count). The van der Waals surface area contributed by atoms with E-state index in [1.807, 2.05) is 19.0 Å². The topological polar surface area (TPSA) is 36.4 Å². The van der Waals surface area contributed by atoms with Crippen LogP contribution in [0.15, 0.2) is 41.3 Å². The van der Waals surface area contributed by atoms with Crippen LogP contribution in [0.1, 0.15) is 24.8 Å². The predicted molar refractivity (Wildman–Crippen MR) is 133 cm³/mol. The molecule has 0 radical (unpaired) electrons. The first kappa shape index (κ1) is 26.5. The number of benzene rings is 2. The summed E-state index contributed by atoms with van der Waals surface area (Å²) in [7, 11) is 3.95. The molecular weight excluding hydrogens is 472 g/mol. The van der Waals surface area contributed by atoms with E-state index in [1.54, 1.807) is 16.7 Å². The Kier molecular flexibility index (Phi) is 10.3. The third-order valence-electron chi connectivity index (χ3n) is 4.75. The average Bonchev–Trinajstić information content (AvgIpc) is 3.13. The number of hydrogen-bond donors (Lipinski definition) is 0. The number of aryl methyl sites for hydroxylation is 1. The molecule has 0 atom stereocenters. The zero-order valence-corrected chi connectivity index (χ0v) is 20.9. The van der Waals surface area contributed by atoms with Crippen LogP contribution in [-0.4, -0.2) is 48.7 Å². The summed E-state index contributed by atoms with van der Waals surface area (Å²) in [5.74, 6) is -0.547. The van der Waals surface area contributed by atoms with Gasteiger partial charge < -0.3 is 4.90 Å². The van der Waals surface area contributed by atoms with E-state index in [1.165, 1.54) is 16.5 Å². The van der Waals surface area contributed by atoms with Crippen LogP contribution in [-0.2, 0) is 4.79 Å². The number of carbonyl (C=O) groups is 1. The summed E-state index contributed by atoms with van der Waals surface area (Å²) in [6, 6.07) is 10.4. The van der Waals surface area contributed by atoms with Crippen molar-refractivity contribution in [3.8, 4) is 0 Å². The van der Waals surface area contributed by atoms with Crippen molar-refractivity contribution in [2.45, 2.75) is 31.1 Å². The summed E-state index contributed by atoms with van der Waals surface area (Å²) in [5, 5.41) is 0.425. The Morgan fingerprint density at radius 1 is 1.09 bits per heavy atom. The molecule has 0 saturated carbocycles. The van der Waals surface area contributed by atoms with Crippen LogP contribution >= 0.6 is 35.5 Å². The summed E-state index contributed by atoms with van der Waals surface area (Å²) >= 11 is 2.88. The van der Waals surface area contributed by atoms with Gasteiger partial charge in [-0.05, 0) is 64.4 Å². The van der Waals surface area contributed by atoms with Gasteiger partial charge >= 0.3 is 0 Å². The van der Waals surface area contributed by atoms with Crippen LogP contribution in [0.3, 0.4) is 0 Å². The maximum absolute atomic E-state index is 14.1. The lowest BCUT2D eigenvalue weighted by atomic mass is 10.2. The SMILES string of the molecule is Cc1ccc(SCCCC(=O)N(CCCN(C)C)c2nc3c(F)cc(F)cc3s2)cc1.Cl. The van der Waals surface area contributed by atoms with Crippen molar-refractivity contribution in [2.75, 3.05) is 37.8 Å². The van der Waals surface area contributed by atoms with E-state index in [0.717, 1.165) is 42.5 Å².